The molecule has 7 nitrogen and oxygen atoms in total. The molecule has 0 aliphatic carbocycles. The maximum Gasteiger partial charge on any atom is 0.278 e. The van der Waals surface area contributed by atoms with E-state index in [2.05, 4.69) is 5.32 Å². The summed E-state index contributed by atoms with van der Waals surface area (Å²) >= 11 is 0. The number of anilines is 1. The van der Waals surface area contributed by atoms with Crippen LogP contribution in [0.5, 0.6) is 17.2 Å². The largest absolute Gasteiger partial charge is 0.497 e. The molecule has 2 aromatic carbocycles. The van der Waals surface area contributed by atoms with Crippen LogP contribution in [0.3, 0.4) is 0 Å². The van der Waals surface area contributed by atoms with Gasteiger partial charge in [-0.05, 0) is 47.9 Å². The third-order valence-corrected chi connectivity index (χ3v) is 4.75. The molecule has 1 N–H and O–H groups in total. The molecule has 0 aromatic heterocycles. The highest BCUT2D eigenvalue weighted by Crippen LogP contribution is 2.36. The van der Waals surface area contributed by atoms with E-state index in [1.54, 1.807) is 56.7 Å². The minimum Gasteiger partial charge on any atom is -0.497 e. The van der Waals surface area contributed by atoms with Crippen LogP contribution < -0.4 is 19.5 Å². The minimum atomic E-state index is -0.352. The molecule has 0 saturated carbocycles. The van der Waals surface area contributed by atoms with Crippen LogP contribution in [0.4, 0.5) is 5.69 Å². The molecule has 1 heterocycles. The van der Waals surface area contributed by atoms with Crippen molar-refractivity contribution in [2.45, 2.75) is 13.8 Å². The monoisotopic (exact) mass is 410 g/mol. The van der Waals surface area contributed by atoms with E-state index in [0.717, 1.165) is 0 Å². The Hall–Kier alpha value is -3.48. The molecule has 0 radical (unpaired) electrons. The summed E-state index contributed by atoms with van der Waals surface area (Å²) in [6, 6.07) is 12.3. The minimum absolute atomic E-state index is 0.143. The van der Waals surface area contributed by atoms with E-state index in [-0.39, 0.29) is 23.4 Å². The number of carbonyl (C=O) groups is 2. The summed E-state index contributed by atoms with van der Waals surface area (Å²) in [5, 5.41) is 3.13. The summed E-state index contributed by atoms with van der Waals surface area (Å²) in [7, 11) is 4.66. The Kier molecular flexibility index (Phi) is 6.30. The third kappa shape index (κ3) is 4.10. The van der Waals surface area contributed by atoms with Gasteiger partial charge >= 0.3 is 0 Å². The number of methoxy groups -OCH3 is 3. The molecule has 0 spiro atoms. The lowest BCUT2D eigenvalue weighted by atomic mass is 10.0. The molecular formula is C23H26N2O5. The zero-order valence-electron chi connectivity index (χ0n) is 17.8. The van der Waals surface area contributed by atoms with Gasteiger partial charge in [-0.25, -0.2) is 0 Å². The molecule has 3 rings (SSSR count). The van der Waals surface area contributed by atoms with Crippen molar-refractivity contribution in [3.8, 4) is 17.2 Å². The molecular weight excluding hydrogens is 384 g/mol. The summed E-state index contributed by atoms with van der Waals surface area (Å²) < 4.78 is 15.8. The maximum atomic E-state index is 13.2. The zero-order chi connectivity index (χ0) is 21.8. The van der Waals surface area contributed by atoms with Crippen molar-refractivity contribution in [3.63, 3.8) is 0 Å². The van der Waals surface area contributed by atoms with Crippen molar-refractivity contribution in [2.75, 3.05) is 33.2 Å². The second-order valence-corrected chi connectivity index (χ2v) is 7.29. The van der Waals surface area contributed by atoms with Crippen LogP contribution in [0.25, 0.3) is 5.57 Å². The van der Waals surface area contributed by atoms with Crippen LogP contribution in [-0.4, -0.2) is 44.6 Å². The van der Waals surface area contributed by atoms with Crippen LogP contribution in [-0.2, 0) is 9.59 Å². The van der Waals surface area contributed by atoms with E-state index in [1.165, 1.54) is 12.0 Å². The normalized spacial score (nSPS) is 13.9. The number of hydrogen-bond donors (Lipinski definition) is 1. The molecule has 0 atom stereocenters. The summed E-state index contributed by atoms with van der Waals surface area (Å²) in [6.45, 7) is 4.26. The molecule has 0 unspecified atom stereocenters. The van der Waals surface area contributed by atoms with Crippen LogP contribution in [0, 0.1) is 5.92 Å². The van der Waals surface area contributed by atoms with Crippen molar-refractivity contribution < 1.29 is 23.8 Å². The highest BCUT2D eigenvalue weighted by atomic mass is 16.5. The van der Waals surface area contributed by atoms with Crippen LogP contribution in [0.15, 0.2) is 48.2 Å². The van der Waals surface area contributed by atoms with Crippen LogP contribution >= 0.6 is 0 Å². The highest BCUT2D eigenvalue weighted by molar-refractivity contribution is 6.36. The first-order valence-electron chi connectivity index (χ1n) is 9.63. The number of hydrogen-bond acceptors (Lipinski definition) is 6. The Balaban J connectivity index is 2.08. The summed E-state index contributed by atoms with van der Waals surface area (Å²) in [6.07, 6.45) is 0. The number of benzene rings is 2. The van der Waals surface area contributed by atoms with Crippen molar-refractivity contribution in [2.24, 2.45) is 5.92 Å². The molecule has 1 aliphatic heterocycles. The molecule has 30 heavy (non-hydrogen) atoms. The van der Waals surface area contributed by atoms with Gasteiger partial charge in [0.2, 0.25) is 0 Å². The molecule has 7 heteroatoms. The van der Waals surface area contributed by atoms with Gasteiger partial charge in [-0.15, -0.1) is 0 Å². The molecule has 158 valence electrons. The lowest BCUT2D eigenvalue weighted by Crippen LogP contribution is -2.35. The van der Waals surface area contributed by atoms with Gasteiger partial charge in [0, 0.05) is 12.2 Å². The van der Waals surface area contributed by atoms with Crippen LogP contribution in [0.1, 0.15) is 19.4 Å². The number of nitrogens with zero attached hydrogens (tertiary/aromatic N) is 1. The first kappa shape index (κ1) is 21.2. The van der Waals surface area contributed by atoms with Gasteiger partial charge in [-0.2, -0.15) is 0 Å². The Labute approximate surface area is 176 Å². The SMILES string of the molecule is COc1ccc(NC2=C(c3ccc(OC)c(OC)c3)C(=O)N(CC(C)C)C2=O)cc1. The van der Waals surface area contributed by atoms with E-state index in [1.807, 2.05) is 13.8 Å². The lowest BCUT2D eigenvalue weighted by molar-refractivity contribution is -0.137. The van der Waals surface area contributed by atoms with Gasteiger partial charge in [0.1, 0.15) is 11.4 Å². The van der Waals surface area contributed by atoms with Gasteiger partial charge in [-0.1, -0.05) is 19.9 Å². The van der Waals surface area contributed by atoms with E-state index >= 15 is 0 Å². The summed E-state index contributed by atoms with van der Waals surface area (Å²) in [4.78, 5) is 27.6. The number of ether oxygens (including phenoxy) is 3. The number of carbonyl (C=O) groups excluding carboxylic acids is 2. The van der Waals surface area contributed by atoms with E-state index in [4.69, 9.17) is 14.2 Å². The summed E-state index contributed by atoms with van der Waals surface area (Å²) in [5.74, 6) is 1.18. The average Bonchev–Trinajstić information content (AvgIpc) is 2.97. The average molecular weight is 410 g/mol. The second-order valence-electron chi connectivity index (χ2n) is 7.29. The Morgan fingerprint density at radius 2 is 1.53 bits per heavy atom. The third-order valence-electron chi connectivity index (χ3n) is 4.75. The molecule has 0 fully saturated rings. The van der Waals surface area contributed by atoms with Gasteiger partial charge < -0.3 is 19.5 Å². The van der Waals surface area contributed by atoms with Crippen LogP contribution in [0.2, 0.25) is 0 Å². The fraction of sp³-hybridized carbons (Fsp3) is 0.304. The van der Waals surface area contributed by atoms with Gasteiger partial charge in [0.05, 0.1) is 26.9 Å². The Morgan fingerprint density at radius 1 is 0.867 bits per heavy atom. The molecule has 2 aromatic rings. The topological polar surface area (TPSA) is 77.1 Å². The standard InChI is InChI=1S/C23H26N2O5/c1-14(2)13-25-22(26)20(15-6-11-18(29-4)19(12-15)30-5)21(23(25)27)24-16-7-9-17(28-3)10-8-16/h6-12,14,24H,13H2,1-5H3. The predicted octanol–water partition coefficient (Wildman–Crippen LogP) is 3.56. The highest BCUT2D eigenvalue weighted by Gasteiger charge is 2.39. The summed E-state index contributed by atoms with van der Waals surface area (Å²) in [5.41, 5.74) is 1.79. The van der Waals surface area contributed by atoms with Gasteiger partial charge in [0.15, 0.2) is 11.5 Å². The van der Waals surface area contributed by atoms with Crippen molar-refractivity contribution in [1.82, 2.24) is 4.90 Å². The van der Waals surface area contributed by atoms with Crippen molar-refractivity contribution in [1.29, 1.82) is 0 Å². The predicted molar refractivity (Wildman–Crippen MR) is 115 cm³/mol. The first-order chi connectivity index (χ1) is 14.4. The quantitative estimate of drug-likeness (QED) is 0.671. The Morgan fingerprint density at radius 3 is 2.10 bits per heavy atom. The van der Waals surface area contributed by atoms with E-state index < -0.39 is 0 Å². The number of amides is 2. The number of rotatable bonds is 8. The van der Waals surface area contributed by atoms with Gasteiger partial charge in [-0.3, -0.25) is 14.5 Å². The van der Waals surface area contributed by atoms with Gasteiger partial charge in [0.25, 0.3) is 11.8 Å². The number of imide groups is 1. The molecule has 2 amide bonds. The maximum absolute atomic E-state index is 13.2. The van der Waals surface area contributed by atoms with Crippen molar-refractivity contribution in [3.05, 3.63) is 53.7 Å². The molecule has 0 bridgehead atoms. The molecule has 1 aliphatic rings. The Bertz CT molecular complexity index is 980. The smallest absolute Gasteiger partial charge is 0.278 e. The van der Waals surface area contributed by atoms with E-state index in [0.29, 0.717) is 40.6 Å². The zero-order valence-corrected chi connectivity index (χ0v) is 17.8. The fourth-order valence-corrected chi connectivity index (χ4v) is 3.30. The van der Waals surface area contributed by atoms with Crippen molar-refractivity contribution >= 4 is 23.1 Å². The second kappa shape index (κ2) is 8.90. The first-order valence-corrected chi connectivity index (χ1v) is 9.63. The number of nitrogens with one attached hydrogen (secondary N) is 1. The van der Waals surface area contributed by atoms with E-state index in [9.17, 15) is 9.59 Å². The fourth-order valence-electron chi connectivity index (χ4n) is 3.30. The molecule has 0 saturated heterocycles. The lowest BCUT2D eigenvalue weighted by Gasteiger charge is -2.17.